The lowest BCUT2D eigenvalue weighted by atomic mass is 10.1. The molecule has 0 bridgehead atoms. The smallest absolute Gasteiger partial charge is 0.254 e. The predicted molar refractivity (Wildman–Crippen MR) is 66.0 cm³/mol. The molecule has 1 atom stereocenters. The highest BCUT2D eigenvalue weighted by Gasteiger charge is 2.32. The Morgan fingerprint density at radius 3 is 2.53 bits per heavy atom. The number of nitrogens with zero attached hydrogens (tertiary/aromatic N) is 1. The van der Waals surface area contributed by atoms with Crippen LogP contribution in [0.1, 0.15) is 31.1 Å². The van der Waals surface area contributed by atoms with E-state index in [1.165, 1.54) is 0 Å². The summed E-state index contributed by atoms with van der Waals surface area (Å²) in [6.07, 6.45) is 0. The molecule has 1 aliphatic heterocycles. The number of fused-ring (bicyclic) bond motifs is 1. The molecule has 0 aliphatic carbocycles. The Morgan fingerprint density at radius 1 is 1.24 bits per heavy atom. The molecule has 0 radical (unpaired) electrons. The molecule has 0 fully saturated rings. The minimum absolute atomic E-state index is 0.0267. The molecule has 4 nitrogen and oxygen atoms in total. The maximum absolute atomic E-state index is 12.2. The van der Waals surface area contributed by atoms with Crippen molar-refractivity contribution in [3.05, 3.63) is 29.8 Å². The zero-order valence-electron chi connectivity index (χ0n) is 10.2. The third-order valence-electron chi connectivity index (χ3n) is 2.88. The van der Waals surface area contributed by atoms with Crippen molar-refractivity contribution < 1.29 is 9.59 Å². The van der Waals surface area contributed by atoms with Gasteiger partial charge in [0.15, 0.2) is 0 Å². The third kappa shape index (κ3) is 1.90. The van der Waals surface area contributed by atoms with Crippen molar-refractivity contribution in [1.29, 1.82) is 0 Å². The van der Waals surface area contributed by atoms with E-state index in [0.29, 0.717) is 11.3 Å². The first-order chi connectivity index (χ1) is 8.02. The number of carbonyl (C=O) groups is 2. The van der Waals surface area contributed by atoms with Crippen molar-refractivity contribution in [3.63, 3.8) is 0 Å². The molecule has 17 heavy (non-hydrogen) atoms. The second kappa shape index (κ2) is 4.20. The molecule has 0 saturated heterocycles. The van der Waals surface area contributed by atoms with Crippen molar-refractivity contribution in [1.82, 2.24) is 5.32 Å². The molecule has 90 valence electrons. The highest BCUT2D eigenvalue weighted by molar-refractivity contribution is 6.10. The lowest BCUT2D eigenvalue weighted by Gasteiger charge is -2.27. The maximum Gasteiger partial charge on any atom is 0.254 e. The Balaban J connectivity index is 2.60. The molecule has 1 aromatic carbocycles. The van der Waals surface area contributed by atoms with Crippen LogP contribution in [0.5, 0.6) is 0 Å². The number of hydrogen-bond acceptors (Lipinski definition) is 2. The van der Waals surface area contributed by atoms with Crippen LogP contribution in [-0.2, 0) is 4.79 Å². The van der Waals surface area contributed by atoms with E-state index >= 15 is 0 Å². The first-order valence-corrected chi connectivity index (χ1v) is 5.75. The topological polar surface area (TPSA) is 49.4 Å². The number of benzene rings is 1. The summed E-state index contributed by atoms with van der Waals surface area (Å²) in [4.78, 5) is 25.8. The van der Waals surface area contributed by atoms with Crippen molar-refractivity contribution >= 4 is 17.5 Å². The monoisotopic (exact) mass is 232 g/mol. The second-order valence-electron chi connectivity index (χ2n) is 4.51. The third-order valence-corrected chi connectivity index (χ3v) is 2.88. The van der Waals surface area contributed by atoms with E-state index < -0.39 is 6.04 Å². The minimum Gasteiger partial charge on any atom is -0.340 e. The Hall–Kier alpha value is -1.84. The van der Waals surface area contributed by atoms with Crippen LogP contribution >= 0.6 is 0 Å². The highest BCUT2D eigenvalue weighted by Crippen LogP contribution is 2.25. The Morgan fingerprint density at radius 2 is 1.88 bits per heavy atom. The number of carbonyl (C=O) groups excluding carboxylic acids is 2. The van der Waals surface area contributed by atoms with Crippen LogP contribution in [0.15, 0.2) is 24.3 Å². The first-order valence-electron chi connectivity index (χ1n) is 5.75. The van der Waals surface area contributed by atoms with Gasteiger partial charge in [-0.3, -0.25) is 9.59 Å². The summed E-state index contributed by atoms with van der Waals surface area (Å²) in [5, 5.41) is 2.70. The van der Waals surface area contributed by atoms with Gasteiger partial charge in [-0.1, -0.05) is 12.1 Å². The van der Waals surface area contributed by atoms with Crippen LogP contribution < -0.4 is 10.2 Å². The molecule has 4 heteroatoms. The second-order valence-corrected chi connectivity index (χ2v) is 4.51. The quantitative estimate of drug-likeness (QED) is 0.798. The molecule has 1 aliphatic rings. The summed E-state index contributed by atoms with van der Waals surface area (Å²) in [7, 11) is 0. The van der Waals surface area contributed by atoms with Gasteiger partial charge in [-0.2, -0.15) is 0 Å². The van der Waals surface area contributed by atoms with Crippen LogP contribution in [0, 0.1) is 0 Å². The van der Waals surface area contributed by atoms with Gasteiger partial charge in [-0.05, 0) is 32.9 Å². The van der Waals surface area contributed by atoms with Gasteiger partial charge in [-0.25, -0.2) is 0 Å². The lowest BCUT2D eigenvalue weighted by molar-refractivity contribution is -0.120. The van der Waals surface area contributed by atoms with Crippen LogP contribution in [-0.4, -0.2) is 23.9 Å². The summed E-state index contributed by atoms with van der Waals surface area (Å²) in [6.45, 7) is 5.59. The Bertz CT molecular complexity index is 468. The fourth-order valence-corrected chi connectivity index (χ4v) is 2.07. The Labute approximate surface area is 101 Å². The number of nitrogens with one attached hydrogen (secondary N) is 1. The summed E-state index contributed by atoms with van der Waals surface area (Å²) >= 11 is 0. The molecular weight excluding hydrogens is 216 g/mol. The van der Waals surface area contributed by atoms with Crippen molar-refractivity contribution in [3.8, 4) is 0 Å². The molecule has 1 aromatic rings. The van der Waals surface area contributed by atoms with Crippen molar-refractivity contribution in [2.75, 3.05) is 4.90 Å². The molecule has 1 unspecified atom stereocenters. The number of para-hydroxylation sites is 1. The van der Waals surface area contributed by atoms with Crippen molar-refractivity contribution in [2.24, 2.45) is 0 Å². The lowest BCUT2D eigenvalue weighted by Crippen LogP contribution is -2.46. The number of anilines is 1. The zero-order chi connectivity index (χ0) is 12.6. The van der Waals surface area contributed by atoms with E-state index in [1.54, 1.807) is 24.0 Å². The van der Waals surface area contributed by atoms with Gasteiger partial charge in [-0.15, -0.1) is 0 Å². The van der Waals surface area contributed by atoms with Crippen LogP contribution in [0.25, 0.3) is 0 Å². The first kappa shape index (κ1) is 11.6. The molecule has 2 rings (SSSR count). The van der Waals surface area contributed by atoms with Gasteiger partial charge in [0.25, 0.3) is 5.91 Å². The zero-order valence-corrected chi connectivity index (χ0v) is 10.2. The van der Waals surface area contributed by atoms with E-state index in [2.05, 4.69) is 5.32 Å². The molecule has 0 saturated carbocycles. The normalized spacial score (nSPS) is 20.0. The average molecular weight is 232 g/mol. The standard InChI is InChI=1S/C13H16N2O2/c1-8(2)15-11-7-5-4-6-10(11)12(16)14-9(3)13(15)17/h4-9H,1-3H3,(H,14,16). The number of hydrogen-bond donors (Lipinski definition) is 1. The maximum atomic E-state index is 12.2. The molecule has 0 aromatic heterocycles. The van der Waals surface area contributed by atoms with Crippen LogP contribution in [0.2, 0.25) is 0 Å². The summed E-state index contributed by atoms with van der Waals surface area (Å²) in [5.74, 6) is -0.261. The highest BCUT2D eigenvalue weighted by atomic mass is 16.2. The molecule has 1 N–H and O–H groups in total. The molecular formula is C13H16N2O2. The van der Waals surface area contributed by atoms with Gasteiger partial charge in [0.05, 0.1) is 11.3 Å². The molecule has 2 amide bonds. The van der Waals surface area contributed by atoms with Crippen molar-refractivity contribution in [2.45, 2.75) is 32.9 Å². The van der Waals surface area contributed by atoms with Gasteiger partial charge in [0, 0.05) is 6.04 Å². The van der Waals surface area contributed by atoms with Gasteiger partial charge in [0.1, 0.15) is 6.04 Å². The van der Waals surface area contributed by atoms with E-state index in [9.17, 15) is 9.59 Å². The van der Waals surface area contributed by atoms with Gasteiger partial charge < -0.3 is 10.2 Å². The van der Waals surface area contributed by atoms with Gasteiger partial charge >= 0.3 is 0 Å². The number of amides is 2. The van der Waals surface area contributed by atoms with E-state index in [1.807, 2.05) is 26.0 Å². The number of rotatable bonds is 1. The van der Waals surface area contributed by atoms with E-state index in [-0.39, 0.29) is 17.9 Å². The SMILES string of the molecule is CC1NC(=O)c2ccccc2N(C(C)C)C1=O. The fraction of sp³-hybridized carbons (Fsp3) is 0.385. The van der Waals surface area contributed by atoms with Crippen LogP contribution in [0.3, 0.4) is 0 Å². The summed E-state index contributed by atoms with van der Waals surface area (Å²) < 4.78 is 0. The molecule has 0 spiro atoms. The minimum atomic E-state index is -0.489. The van der Waals surface area contributed by atoms with E-state index in [0.717, 1.165) is 0 Å². The fourth-order valence-electron chi connectivity index (χ4n) is 2.07. The van der Waals surface area contributed by atoms with Crippen LogP contribution in [0.4, 0.5) is 5.69 Å². The molecule has 1 heterocycles. The van der Waals surface area contributed by atoms with E-state index in [4.69, 9.17) is 0 Å². The Kier molecular flexibility index (Phi) is 2.88. The van der Waals surface area contributed by atoms with Gasteiger partial charge in [0.2, 0.25) is 5.91 Å². The predicted octanol–water partition coefficient (Wildman–Crippen LogP) is 1.56. The summed E-state index contributed by atoms with van der Waals surface area (Å²) in [5.41, 5.74) is 1.24. The largest absolute Gasteiger partial charge is 0.340 e. The average Bonchev–Trinajstić information content (AvgIpc) is 2.37. The summed E-state index contributed by atoms with van der Waals surface area (Å²) in [6, 6.07) is 6.73.